The summed E-state index contributed by atoms with van der Waals surface area (Å²) in [5, 5.41) is 2.74. The predicted molar refractivity (Wildman–Crippen MR) is 71.9 cm³/mol. The lowest BCUT2D eigenvalue weighted by molar-refractivity contribution is -0.129. The molecule has 1 heterocycles. The molecule has 0 radical (unpaired) electrons. The highest BCUT2D eigenvalue weighted by Gasteiger charge is 2.49. The highest BCUT2D eigenvalue weighted by molar-refractivity contribution is 5.85. The summed E-state index contributed by atoms with van der Waals surface area (Å²) in [6.07, 6.45) is 1.36. The van der Waals surface area contributed by atoms with E-state index in [1.54, 1.807) is 14.0 Å². The average Bonchev–Trinajstić information content (AvgIpc) is 2.63. The SMILES string of the molecule is CCC[C@@H](C)C(=O)C(C)C1NC(=O)O[C@]1(C)COC. The predicted octanol–water partition coefficient (Wildman–Crippen LogP) is 2.14. The summed E-state index contributed by atoms with van der Waals surface area (Å²) in [5.41, 5.74) is -0.785. The third-order valence-electron chi connectivity index (χ3n) is 3.84. The third-order valence-corrected chi connectivity index (χ3v) is 3.84. The van der Waals surface area contributed by atoms with Gasteiger partial charge in [-0.15, -0.1) is 0 Å². The summed E-state index contributed by atoms with van der Waals surface area (Å²) in [4.78, 5) is 23.8. The number of amides is 1. The number of ether oxygens (including phenoxy) is 2. The summed E-state index contributed by atoms with van der Waals surface area (Å²) in [6.45, 7) is 7.92. The summed E-state index contributed by atoms with van der Waals surface area (Å²) in [7, 11) is 1.56. The molecule has 1 fully saturated rings. The fourth-order valence-corrected chi connectivity index (χ4v) is 2.83. The third kappa shape index (κ3) is 3.47. The summed E-state index contributed by atoms with van der Waals surface area (Å²) in [6, 6.07) is -0.341. The quantitative estimate of drug-likeness (QED) is 0.770. The molecule has 0 aromatic rings. The van der Waals surface area contributed by atoms with Crippen molar-refractivity contribution in [1.29, 1.82) is 0 Å². The van der Waals surface area contributed by atoms with Gasteiger partial charge in [0.2, 0.25) is 0 Å². The molecule has 0 aliphatic carbocycles. The number of carbonyl (C=O) groups excluding carboxylic acids is 2. The number of cyclic esters (lactones) is 1. The molecule has 1 N–H and O–H groups in total. The highest BCUT2D eigenvalue weighted by Crippen LogP contribution is 2.30. The van der Waals surface area contributed by atoms with Crippen molar-refractivity contribution in [2.45, 2.75) is 52.2 Å². The second-order valence-corrected chi connectivity index (χ2v) is 5.64. The molecule has 0 spiro atoms. The van der Waals surface area contributed by atoms with Gasteiger partial charge in [0.15, 0.2) is 5.60 Å². The van der Waals surface area contributed by atoms with E-state index in [0.29, 0.717) is 0 Å². The number of rotatable bonds is 7. The molecule has 2 unspecified atom stereocenters. The Morgan fingerprint density at radius 1 is 1.53 bits per heavy atom. The fraction of sp³-hybridized carbons (Fsp3) is 0.857. The van der Waals surface area contributed by atoms with Crippen molar-refractivity contribution in [3.63, 3.8) is 0 Å². The first-order valence-corrected chi connectivity index (χ1v) is 6.88. The molecule has 0 saturated carbocycles. The van der Waals surface area contributed by atoms with Gasteiger partial charge in [0.05, 0.1) is 12.6 Å². The topological polar surface area (TPSA) is 64.6 Å². The second-order valence-electron chi connectivity index (χ2n) is 5.64. The molecule has 1 aliphatic rings. The van der Waals surface area contributed by atoms with Gasteiger partial charge in [0.25, 0.3) is 0 Å². The van der Waals surface area contributed by atoms with Gasteiger partial charge in [0, 0.05) is 18.9 Å². The summed E-state index contributed by atoms with van der Waals surface area (Å²) >= 11 is 0. The molecule has 1 saturated heterocycles. The number of Topliss-reactive ketones (excluding diaryl/α,β-unsaturated/α-hetero) is 1. The Kier molecular flexibility index (Phi) is 5.35. The lowest BCUT2D eigenvalue weighted by Crippen LogP contribution is -2.51. The van der Waals surface area contributed by atoms with E-state index < -0.39 is 11.7 Å². The van der Waals surface area contributed by atoms with Crippen LogP contribution in [0.5, 0.6) is 0 Å². The Hall–Kier alpha value is -1.10. The lowest BCUT2D eigenvalue weighted by atomic mass is 9.81. The van der Waals surface area contributed by atoms with Crippen molar-refractivity contribution in [3.8, 4) is 0 Å². The number of hydrogen-bond acceptors (Lipinski definition) is 4. The number of carbonyl (C=O) groups is 2. The number of nitrogens with one attached hydrogen (secondary N) is 1. The first-order chi connectivity index (χ1) is 8.85. The van der Waals surface area contributed by atoms with Crippen molar-refractivity contribution in [3.05, 3.63) is 0 Å². The Morgan fingerprint density at radius 3 is 2.68 bits per heavy atom. The van der Waals surface area contributed by atoms with E-state index in [9.17, 15) is 9.59 Å². The Morgan fingerprint density at radius 2 is 2.16 bits per heavy atom. The van der Waals surface area contributed by atoms with E-state index in [4.69, 9.17) is 9.47 Å². The fourth-order valence-electron chi connectivity index (χ4n) is 2.83. The molecule has 4 atom stereocenters. The van der Waals surface area contributed by atoms with Gasteiger partial charge in [-0.05, 0) is 13.3 Å². The maximum absolute atomic E-state index is 12.4. The Labute approximate surface area is 115 Å². The van der Waals surface area contributed by atoms with E-state index in [1.807, 2.05) is 13.8 Å². The van der Waals surface area contributed by atoms with Gasteiger partial charge in [-0.1, -0.05) is 27.2 Å². The van der Waals surface area contributed by atoms with Crippen molar-refractivity contribution >= 4 is 11.9 Å². The van der Waals surface area contributed by atoms with Crippen LogP contribution in [0.1, 0.15) is 40.5 Å². The van der Waals surface area contributed by atoms with Crippen LogP contribution in [0.15, 0.2) is 0 Å². The van der Waals surface area contributed by atoms with Crippen LogP contribution in [0, 0.1) is 11.8 Å². The summed E-state index contributed by atoms with van der Waals surface area (Å²) < 4.78 is 10.4. The van der Waals surface area contributed by atoms with Crippen molar-refractivity contribution in [2.24, 2.45) is 11.8 Å². The zero-order valence-corrected chi connectivity index (χ0v) is 12.5. The number of ketones is 1. The molecular formula is C14H25NO4. The van der Waals surface area contributed by atoms with Crippen LogP contribution in [-0.2, 0) is 14.3 Å². The zero-order valence-electron chi connectivity index (χ0n) is 12.5. The van der Waals surface area contributed by atoms with Gasteiger partial charge in [-0.2, -0.15) is 0 Å². The van der Waals surface area contributed by atoms with Gasteiger partial charge in [-0.25, -0.2) is 4.79 Å². The van der Waals surface area contributed by atoms with Gasteiger partial charge in [-0.3, -0.25) is 4.79 Å². The van der Waals surface area contributed by atoms with Crippen molar-refractivity contribution in [1.82, 2.24) is 5.32 Å². The minimum atomic E-state index is -0.785. The highest BCUT2D eigenvalue weighted by atomic mass is 16.6. The van der Waals surface area contributed by atoms with Crippen LogP contribution in [-0.4, -0.2) is 37.2 Å². The maximum atomic E-state index is 12.4. The molecule has 5 nitrogen and oxygen atoms in total. The molecule has 0 aromatic heterocycles. The van der Waals surface area contributed by atoms with Crippen LogP contribution in [0.25, 0.3) is 0 Å². The van der Waals surface area contributed by atoms with E-state index in [1.165, 1.54) is 0 Å². The standard InChI is InChI=1S/C14H25NO4/c1-6-7-9(2)11(16)10(3)12-14(4,8-18-5)19-13(17)15-12/h9-10,12H,6-8H2,1-5H3,(H,15,17)/t9-,10?,12?,14-/m1/s1. The van der Waals surface area contributed by atoms with Gasteiger partial charge >= 0.3 is 6.09 Å². The lowest BCUT2D eigenvalue weighted by Gasteiger charge is -2.31. The molecule has 19 heavy (non-hydrogen) atoms. The Balaban J connectivity index is 2.81. The second kappa shape index (κ2) is 6.37. The first kappa shape index (κ1) is 16.0. The van der Waals surface area contributed by atoms with E-state index in [-0.39, 0.29) is 30.3 Å². The monoisotopic (exact) mass is 271 g/mol. The largest absolute Gasteiger partial charge is 0.439 e. The number of methoxy groups -OCH3 is 1. The van der Waals surface area contributed by atoms with Crippen LogP contribution >= 0.6 is 0 Å². The average molecular weight is 271 g/mol. The number of hydrogen-bond donors (Lipinski definition) is 1. The first-order valence-electron chi connectivity index (χ1n) is 6.88. The zero-order chi connectivity index (χ0) is 14.6. The molecule has 0 bridgehead atoms. The van der Waals surface area contributed by atoms with Crippen LogP contribution in [0.2, 0.25) is 0 Å². The molecule has 1 amide bonds. The summed E-state index contributed by atoms with van der Waals surface area (Å²) in [5.74, 6) is -0.113. The minimum absolute atomic E-state index is 0.00398. The maximum Gasteiger partial charge on any atom is 0.408 e. The molecule has 0 aromatic carbocycles. The molecule has 5 heteroatoms. The van der Waals surface area contributed by atoms with Gasteiger partial charge < -0.3 is 14.8 Å². The van der Waals surface area contributed by atoms with Crippen molar-refractivity contribution in [2.75, 3.05) is 13.7 Å². The van der Waals surface area contributed by atoms with Gasteiger partial charge in [0.1, 0.15) is 5.78 Å². The Bertz CT molecular complexity index is 344. The molecular weight excluding hydrogens is 246 g/mol. The van der Waals surface area contributed by atoms with Crippen LogP contribution in [0.4, 0.5) is 4.79 Å². The minimum Gasteiger partial charge on any atom is -0.439 e. The van der Waals surface area contributed by atoms with E-state index in [0.717, 1.165) is 12.8 Å². The van der Waals surface area contributed by atoms with Crippen molar-refractivity contribution < 1.29 is 19.1 Å². The molecule has 1 aliphatic heterocycles. The molecule has 110 valence electrons. The van der Waals surface area contributed by atoms with E-state index >= 15 is 0 Å². The number of alkyl carbamates (subject to hydrolysis) is 1. The molecule has 1 rings (SSSR count). The smallest absolute Gasteiger partial charge is 0.408 e. The van der Waals surface area contributed by atoms with Crippen LogP contribution in [0.3, 0.4) is 0 Å². The normalized spacial score (nSPS) is 29.5. The van der Waals surface area contributed by atoms with E-state index in [2.05, 4.69) is 12.2 Å². The van der Waals surface area contributed by atoms with Crippen LogP contribution < -0.4 is 5.32 Å².